The van der Waals surface area contributed by atoms with Gasteiger partial charge in [0.25, 0.3) is 0 Å². The van der Waals surface area contributed by atoms with Crippen LogP contribution >= 0.6 is 23.2 Å². The van der Waals surface area contributed by atoms with Gasteiger partial charge in [-0.05, 0) is 6.07 Å². The molecule has 2 aromatic rings. The number of hydrogen-bond donors (Lipinski definition) is 2. The maximum Gasteiger partial charge on any atom is 0.193 e. The Hall–Kier alpha value is -2.03. The van der Waals surface area contributed by atoms with Crippen molar-refractivity contribution in [3.63, 3.8) is 0 Å². The van der Waals surface area contributed by atoms with E-state index >= 15 is 0 Å². The molecule has 8 nitrogen and oxygen atoms in total. The predicted octanol–water partition coefficient (Wildman–Crippen LogP) is 2.18. The largest absolute Gasteiger partial charge is 0.367 e. The standard InChI is InChI=1S/C17H23Cl2N7O/c1-20-17(22-4-3-21-16-15(19)10-13(18)11-23-16)26-7-5-25(6-8-26)12-14-2-9-27-24-14/h2,9-11H,3-8,12H2,1H3,(H,20,22)(H,21,23). The van der Waals surface area contributed by atoms with E-state index in [0.717, 1.165) is 44.4 Å². The van der Waals surface area contributed by atoms with E-state index < -0.39 is 0 Å². The SMILES string of the molecule is CN=C(NCCNc1ncc(Cl)cc1Cl)N1CCN(Cc2ccon2)CC1. The molecule has 146 valence electrons. The highest BCUT2D eigenvalue weighted by atomic mass is 35.5. The zero-order chi connectivity index (χ0) is 19.1. The van der Waals surface area contributed by atoms with Crippen molar-refractivity contribution in [3.8, 4) is 0 Å². The molecule has 0 spiro atoms. The number of nitrogens with zero attached hydrogens (tertiary/aromatic N) is 5. The molecule has 2 N–H and O–H groups in total. The second-order valence-electron chi connectivity index (χ2n) is 6.14. The number of aliphatic imine (C=N–C) groups is 1. The molecule has 0 atom stereocenters. The van der Waals surface area contributed by atoms with Gasteiger partial charge in [-0.15, -0.1) is 0 Å². The third-order valence-corrected chi connectivity index (χ3v) is 4.76. The maximum absolute atomic E-state index is 6.11. The number of hydrogen-bond acceptors (Lipinski definition) is 6. The Morgan fingerprint density at radius 1 is 1.26 bits per heavy atom. The van der Waals surface area contributed by atoms with Gasteiger partial charge in [-0.3, -0.25) is 9.89 Å². The summed E-state index contributed by atoms with van der Waals surface area (Å²) in [7, 11) is 1.80. The smallest absolute Gasteiger partial charge is 0.193 e. The number of piperazine rings is 1. The lowest BCUT2D eigenvalue weighted by atomic mass is 10.3. The Morgan fingerprint density at radius 2 is 2.07 bits per heavy atom. The van der Waals surface area contributed by atoms with Crippen LogP contribution in [0.5, 0.6) is 0 Å². The van der Waals surface area contributed by atoms with E-state index in [2.05, 4.69) is 35.6 Å². The fourth-order valence-electron chi connectivity index (χ4n) is 2.90. The lowest BCUT2D eigenvalue weighted by molar-refractivity contribution is 0.169. The summed E-state index contributed by atoms with van der Waals surface area (Å²) >= 11 is 12.0. The molecule has 1 saturated heterocycles. The van der Waals surface area contributed by atoms with Crippen LogP contribution in [0.25, 0.3) is 0 Å². The first-order valence-electron chi connectivity index (χ1n) is 8.78. The summed E-state index contributed by atoms with van der Waals surface area (Å²) < 4.78 is 4.89. The normalized spacial score (nSPS) is 15.8. The molecule has 0 bridgehead atoms. The molecular formula is C17H23Cl2N7O. The molecule has 2 aromatic heterocycles. The van der Waals surface area contributed by atoms with E-state index in [1.54, 1.807) is 25.6 Å². The van der Waals surface area contributed by atoms with Crippen LogP contribution in [0.4, 0.5) is 5.82 Å². The topological polar surface area (TPSA) is 81.8 Å². The summed E-state index contributed by atoms with van der Waals surface area (Å²) in [6, 6.07) is 3.57. The summed E-state index contributed by atoms with van der Waals surface area (Å²) in [5, 5.41) is 11.6. The third kappa shape index (κ3) is 5.72. The highest BCUT2D eigenvalue weighted by Gasteiger charge is 2.20. The molecule has 0 saturated carbocycles. The van der Waals surface area contributed by atoms with E-state index in [9.17, 15) is 0 Å². The Bertz CT molecular complexity index is 746. The number of halogens is 2. The molecule has 3 rings (SSSR count). The molecule has 0 amide bonds. The first kappa shape index (κ1) is 19.7. The van der Waals surface area contributed by atoms with Crippen molar-refractivity contribution in [2.45, 2.75) is 6.54 Å². The number of anilines is 1. The van der Waals surface area contributed by atoms with E-state index in [0.29, 0.717) is 29.0 Å². The summed E-state index contributed by atoms with van der Waals surface area (Å²) in [6.45, 7) is 5.92. The van der Waals surface area contributed by atoms with Crippen LogP contribution in [0.15, 0.2) is 34.1 Å². The van der Waals surface area contributed by atoms with Gasteiger partial charge in [0.1, 0.15) is 12.1 Å². The minimum Gasteiger partial charge on any atom is -0.367 e. The number of guanidine groups is 1. The van der Waals surface area contributed by atoms with Crippen molar-refractivity contribution >= 4 is 35.0 Å². The molecule has 1 fully saturated rings. The second kappa shape index (κ2) is 9.77. The molecule has 0 aromatic carbocycles. The third-order valence-electron chi connectivity index (χ3n) is 4.27. The minimum atomic E-state index is 0.509. The van der Waals surface area contributed by atoms with Crippen molar-refractivity contribution in [1.29, 1.82) is 0 Å². The van der Waals surface area contributed by atoms with Crippen LogP contribution in [0, 0.1) is 0 Å². The molecule has 0 radical (unpaired) electrons. The predicted molar refractivity (Wildman–Crippen MR) is 107 cm³/mol. The van der Waals surface area contributed by atoms with Crippen molar-refractivity contribution in [2.24, 2.45) is 4.99 Å². The molecule has 0 unspecified atom stereocenters. The first-order chi connectivity index (χ1) is 13.2. The maximum atomic E-state index is 6.11. The summed E-state index contributed by atoms with van der Waals surface area (Å²) in [4.78, 5) is 13.2. The summed E-state index contributed by atoms with van der Waals surface area (Å²) in [6.07, 6.45) is 3.18. The highest BCUT2D eigenvalue weighted by molar-refractivity contribution is 6.35. The second-order valence-corrected chi connectivity index (χ2v) is 6.98. The van der Waals surface area contributed by atoms with Gasteiger partial charge < -0.3 is 20.1 Å². The van der Waals surface area contributed by atoms with Crippen molar-refractivity contribution in [3.05, 3.63) is 40.3 Å². The van der Waals surface area contributed by atoms with Gasteiger partial charge >= 0.3 is 0 Å². The Kier molecular flexibility index (Phi) is 7.14. The van der Waals surface area contributed by atoms with Crippen LogP contribution in [0.2, 0.25) is 10.0 Å². The van der Waals surface area contributed by atoms with Gasteiger partial charge in [0.05, 0.1) is 15.7 Å². The van der Waals surface area contributed by atoms with Crippen LogP contribution in [-0.2, 0) is 6.54 Å². The fraction of sp³-hybridized carbons (Fsp3) is 0.471. The van der Waals surface area contributed by atoms with Gasteiger partial charge in [-0.1, -0.05) is 28.4 Å². The highest BCUT2D eigenvalue weighted by Crippen LogP contribution is 2.22. The van der Waals surface area contributed by atoms with Crippen LogP contribution in [0.1, 0.15) is 5.69 Å². The molecule has 10 heteroatoms. The zero-order valence-electron chi connectivity index (χ0n) is 15.2. The molecule has 3 heterocycles. The van der Waals surface area contributed by atoms with Crippen molar-refractivity contribution < 1.29 is 4.52 Å². The Balaban J connectivity index is 1.39. The molecule has 0 aliphatic carbocycles. The number of pyridine rings is 1. The number of rotatable bonds is 6. The van der Waals surface area contributed by atoms with E-state index in [1.165, 1.54) is 0 Å². The quantitative estimate of drug-likeness (QED) is 0.428. The van der Waals surface area contributed by atoms with Crippen LogP contribution in [0.3, 0.4) is 0 Å². The van der Waals surface area contributed by atoms with Gasteiger partial charge in [-0.2, -0.15) is 0 Å². The first-order valence-corrected chi connectivity index (χ1v) is 9.53. The van der Waals surface area contributed by atoms with E-state index in [1.807, 2.05) is 6.07 Å². The van der Waals surface area contributed by atoms with Gasteiger partial charge in [0.2, 0.25) is 0 Å². The number of nitrogens with one attached hydrogen (secondary N) is 2. The lowest BCUT2D eigenvalue weighted by Crippen LogP contribution is -2.52. The molecule has 1 aliphatic rings. The van der Waals surface area contributed by atoms with Crippen LogP contribution in [-0.4, -0.2) is 72.2 Å². The molecule has 1 aliphatic heterocycles. The zero-order valence-corrected chi connectivity index (χ0v) is 16.7. The Labute approximate surface area is 168 Å². The monoisotopic (exact) mass is 411 g/mol. The van der Waals surface area contributed by atoms with E-state index in [4.69, 9.17) is 27.7 Å². The van der Waals surface area contributed by atoms with Gasteiger partial charge in [0.15, 0.2) is 5.96 Å². The summed E-state index contributed by atoms with van der Waals surface area (Å²) in [5.74, 6) is 1.52. The number of aromatic nitrogens is 2. The average molecular weight is 412 g/mol. The fourth-order valence-corrected chi connectivity index (χ4v) is 3.35. The average Bonchev–Trinajstić information content (AvgIpc) is 3.17. The minimum absolute atomic E-state index is 0.509. The van der Waals surface area contributed by atoms with Crippen molar-refractivity contribution in [2.75, 3.05) is 51.6 Å². The summed E-state index contributed by atoms with van der Waals surface area (Å²) in [5.41, 5.74) is 0.964. The molecule has 27 heavy (non-hydrogen) atoms. The van der Waals surface area contributed by atoms with E-state index in [-0.39, 0.29) is 0 Å². The van der Waals surface area contributed by atoms with Crippen LogP contribution < -0.4 is 10.6 Å². The van der Waals surface area contributed by atoms with Gasteiger partial charge in [-0.25, -0.2) is 4.98 Å². The van der Waals surface area contributed by atoms with Gasteiger partial charge in [0, 0.05) is 65.1 Å². The van der Waals surface area contributed by atoms with Crippen molar-refractivity contribution in [1.82, 2.24) is 25.3 Å². The molecular weight excluding hydrogens is 389 g/mol. The lowest BCUT2D eigenvalue weighted by Gasteiger charge is -2.36. The Morgan fingerprint density at radius 3 is 2.74 bits per heavy atom.